The minimum Gasteiger partial charge on any atom is -0.294 e. The number of benzene rings is 2. The number of Topliss-reactive ketones (excluding diaryl/α,β-unsaturated/α-hetero) is 2. The summed E-state index contributed by atoms with van der Waals surface area (Å²) >= 11 is 3.25. The topological polar surface area (TPSA) is 120 Å². The monoisotopic (exact) mass is 710 g/mol. The maximum Gasteiger partial charge on any atom is 0.185 e. The zero-order valence-electron chi connectivity index (χ0n) is 25.5. The maximum absolute atomic E-state index is 13.8. The fourth-order valence-corrected chi connectivity index (χ4v) is 5.04. The Labute approximate surface area is 274 Å². The SMILES string of the molecule is CC(C)c1nnc2ccc(C(Br)C(=O)c3ccc(F)cc3F)nn12.CC(C)c1nnc2ccc(CC(=O)c3ccc(F)cc3F)nn12. The molecule has 0 amide bonds. The lowest BCUT2D eigenvalue weighted by Gasteiger charge is -2.10. The zero-order chi connectivity index (χ0) is 34.0. The number of hydrogen-bond donors (Lipinski definition) is 0. The van der Waals surface area contributed by atoms with Gasteiger partial charge in [-0.05, 0) is 48.5 Å². The molecule has 0 aliphatic heterocycles. The molecule has 10 nitrogen and oxygen atoms in total. The molecule has 0 fully saturated rings. The summed E-state index contributed by atoms with van der Waals surface area (Å²) in [6, 6.07) is 12.4. The van der Waals surface area contributed by atoms with Crippen molar-refractivity contribution in [3.05, 3.63) is 118 Å². The standard InChI is InChI=1S/C16H13BrF2N4O.C16H14F2N4O/c1-8(2)16-21-20-13-6-5-12(22-23(13)16)14(17)15(24)10-4-3-9(18)7-11(10)19;1-9(2)16-20-19-15-6-4-11(21-22(15)16)8-14(23)12-5-3-10(17)7-13(12)18/h3-8,14H,1-2H3;3-7,9H,8H2,1-2H3. The van der Waals surface area contributed by atoms with E-state index in [0.717, 1.165) is 24.3 Å². The predicted octanol–water partition coefficient (Wildman–Crippen LogP) is 6.80. The van der Waals surface area contributed by atoms with Crippen LogP contribution in [0.4, 0.5) is 17.6 Å². The van der Waals surface area contributed by atoms with Crippen molar-refractivity contribution in [1.82, 2.24) is 39.6 Å². The molecule has 15 heteroatoms. The highest BCUT2D eigenvalue weighted by Gasteiger charge is 2.25. The van der Waals surface area contributed by atoms with Crippen LogP contribution >= 0.6 is 15.9 Å². The van der Waals surface area contributed by atoms with Crippen LogP contribution < -0.4 is 0 Å². The molecule has 4 heterocycles. The van der Waals surface area contributed by atoms with Crippen molar-refractivity contribution in [2.45, 2.75) is 50.8 Å². The Bertz CT molecular complexity index is 2110. The summed E-state index contributed by atoms with van der Waals surface area (Å²) in [6.45, 7) is 7.83. The van der Waals surface area contributed by atoms with Crippen LogP contribution in [-0.2, 0) is 6.42 Å². The van der Waals surface area contributed by atoms with Gasteiger partial charge in [0.1, 0.15) is 28.1 Å². The second-order valence-electron chi connectivity index (χ2n) is 11.1. The van der Waals surface area contributed by atoms with E-state index in [9.17, 15) is 27.2 Å². The molecule has 47 heavy (non-hydrogen) atoms. The number of alkyl halides is 1. The molecule has 1 unspecified atom stereocenters. The van der Waals surface area contributed by atoms with Gasteiger partial charge in [0.05, 0.1) is 28.9 Å². The molecular weight excluding hydrogens is 684 g/mol. The summed E-state index contributed by atoms with van der Waals surface area (Å²) in [5.74, 6) is -2.67. The van der Waals surface area contributed by atoms with Gasteiger partial charge in [-0.1, -0.05) is 43.6 Å². The van der Waals surface area contributed by atoms with E-state index in [-0.39, 0.29) is 29.4 Å². The van der Waals surface area contributed by atoms with E-state index in [1.165, 1.54) is 0 Å². The average molecular weight is 712 g/mol. The van der Waals surface area contributed by atoms with Crippen molar-refractivity contribution >= 4 is 38.8 Å². The first kappa shape index (κ1) is 33.4. The number of fused-ring (bicyclic) bond motifs is 2. The van der Waals surface area contributed by atoms with Gasteiger partial charge in [0.25, 0.3) is 0 Å². The second kappa shape index (κ2) is 13.8. The smallest absolute Gasteiger partial charge is 0.185 e. The minimum atomic E-state index is -0.905. The largest absolute Gasteiger partial charge is 0.294 e. The van der Waals surface area contributed by atoms with Gasteiger partial charge in [-0.25, -0.2) is 17.6 Å². The van der Waals surface area contributed by atoms with Crippen molar-refractivity contribution in [2.24, 2.45) is 0 Å². The van der Waals surface area contributed by atoms with Crippen molar-refractivity contribution in [3.63, 3.8) is 0 Å². The van der Waals surface area contributed by atoms with Gasteiger partial charge >= 0.3 is 0 Å². The van der Waals surface area contributed by atoms with E-state index in [4.69, 9.17) is 0 Å². The highest BCUT2D eigenvalue weighted by Crippen LogP contribution is 2.28. The van der Waals surface area contributed by atoms with Crippen molar-refractivity contribution in [2.75, 3.05) is 0 Å². The van der Waals surface area contributed by atoms with E-state index >= 15 is 0 Å². The summed E-state index contributed by atoms with van der Waals surface area (Å²) < 4.78 is 56.5. The first-order valence-corrected chi connectivity index (χ1v) is 15.3. The van der Waals surface area contributed by atoms with Crippen molar-refractivity contribution in [3.8, 4) is 0 Å². The van der Waals surface area contributed by atoms with Crippen LogP contribution in [0.2, 0.25) is 0 Å². The molecule has 0 spiro atoms. The fourth-order valence-electron chi connectivity index (χ4n) is 4.55. The summed E-state index contributed by atoms with van der Waals surface area (Å²) in [6.07, 6.45) is -0.0891. The number of carbonyl (C=O) groups excluding carboxylic acids is 2. The third-order valence-electron chi connectivity index (χ3n) is 6.94. The highest BCUT2D eigenvalue weighted by atomic mass is 79.9. The van der Waals surface area contributed by atoms with E-state index < -0.39 is 39.7 Å². The summed E-state index contributed by atoms with van der Waals surface area (Å²) in [5, 5.41) is 24.9. The molecule has 1 atom stereocenters. The number of ketones is 2. The summed E-state index contributed by atoms with van der Waals surface area (Å²) in [7, 11) is 0. The molecule has 6 rings (SSSR count). The predicted molar refractivity (Wildman–Crippen MR) is 166 cm³/mol. The summed E-state index contributed by atoms with van der Waals surface area (Å²) in [4.78, 5) is 23.8. The highest BCUT2D eigenvalue weighted by molar-refractivity contribution is 9.09. The fraction of sp³-hybridized carbons (Fsp3) is 0.250. The Morgan fingerprint density at radius 2 is 1.19 bits per heavy atom. The van der Waals surface area contributed by atoms with Crippen molar-refractivity contribution < 1.29 is 27.2 Å². The van der Waals surface area contributed by atoms with Gasteiger partial charge in [-0.15, -0.1) is 20.4 Å². The average Bonchev–Trinajstić information content (AvgIpc) is 3.65. The number of nitrogens with zero attached hydrogens (tertiary/aromatic N) is 8. The molecule has 0 bridgehead atoms. The van der Waals surface area contributed by atoms with E-state index in [1.807, 2.05) is 27.7 Å². The van der Waals surface area contributed by atoms with Gasteiger partial charge in [0.15, 0.2) is 34.5 Å². The van der Waals surface area contributed by atoms with Crippen LogP contribution in [0.25, 0.3) is 11.3 Å². The van der Waals surface area contributed by atoms with Gasteiger partial charge in [-0.3, -0.25) is 9.59 Å². The minimum absolute atomic E-state index is 0.0891. The van der Waals surface area contributed by atoms with E-state index in [0.29, 0.717) is 46.5 Å². The van der Waals surface area contributed by atoms with Crippen LogP contribution in [0.5, 0.6) is 0 Å². The van der Waals surface area contributed by atoms with Gasteiger partial charge in [-0.2, -0.15) is 19.2 Å². The third kappa shape index (κ3) is 7.24. The number of halogens is 5. The van der Waals surface area contributed by atoms with Crippen LogP contribution in [-0.4, -0.2) is 51.2 Å². The molecule has 0 N–H and O–H groups in total. The van der Waals surface area contributed by atoms with Gasteiger partial charge in [0, 0.05) is 24.0 Å². The lowest BCUT2D eigenvalue weighted by molar-refractivity contribution is 0.0978. The molecule has 0 aliphatic carbocycles. The molecule has 0 radical (unpaired) electrons. The van der Waals surface area contributed by atoms with Crippen LogP contribution in [0, 0.1) is 23.3 Å². The number of carbonyl (C=O) groups is 2. The molecule has 2 aromatic carbocycles. The molecule has 6 aromatic rings. The zero-order valence-corrected chi connectivity index (χ0v) is 27.1. The second-order valence-corrected chi connectivity index (χ2v) is 12.0. The van der Waals surface area contributed by atoms with Gasteiger partial charge in [0.2, 0.25) is 0 Å². The normalized spacial score (nSPS) is 12.1. The number of hydrogen-bond acceptors (Lipinski definition) is 8. The van der Waals surface area contributed by atoms with E-state index in [2.05, 4.69) is 46.5 Å². The quantitative estimate of drug-likeness (QED) is 0.0962. The Morgan fingerprint density at radius 1 is 0.681 bits per heavy atom. The molecule has 4 aromatic heterocycles. The summed E-state index contributed by atoms with van der Waals surface area (Å²) in [5.41, 5.74) is 1.64. The molecule has 242 valence electrons. The lowest BCUT2D eigenvalue weighted by Crippen LogP contribution is -2.13. The van der Waals surface area contributed by atoms with Crippen LogP contribution in [0.3, 0.4) is 0 Å². The molecule has 0 aliphatic rings. The van der Waals surface area contributed by atoms with Gasteiger partial charge < -0.3 is 0 Å². The van der Waals surface area contributed by atoms with Crippen LogP contribution in [0.1, 0.15) is 88.1 Å². The number of aromatic nitrogens is 8. The third-order valence-corrected chi connectivity index (χ3v) is 7.83. The Kier molecular flexibility index (Phi) is 9.84. The van der Waals surface area contributed by atoms with Crippen LogP contribution in [0.15, 0.2) is 60.7 Å². The first-order chi connectivity index (χ1) is 22.3. The molecule has 0 saturated carbocycles. The van der Waals surface area contributed by atoms with Crippen molar-refractivity contribution in [1.29, 1.82) is 0 Å². The molecule has 0 saturated heterocycles. The molecular formula is C32H27BrF4N8O2. The van der Waals surface area contributed by atoms with E-state index in [1.54, 1.807) is 33.3 Å². The Morgan fingerprint density at radius 3 is 1.72 bits per heavy atom. The maximum atomic E-state index is 13.8. The Balaban J connectivity index is 0.000000185. The lowest BCUT2D eigenvalue weighted by atomic mass is 10.1. The first-order valence-electron chi connectivity index (χ1n) is 14.4. The Hall–Kier alpha value is -4.92. The number of rotatable bonds is 8.